The first-order valence-electron chi connectivity index (χ1n) is 10.4. The number of carbonyl (C=O) groups is 2. The topological polar surface area (TPSA) is 78.1 Å². The Morgan fingerprint density at radius 3 is 2.70 bits per heavy atom. The molecule has 2 aliphatic rings. The Kier molecular flexibility index (Phi) is 4.42. The van der Waals surface area contributed by atoms with Crippen LogP contribution in [0.1, 0.15) is 40.2 Å². The smallest absolute Gasteiger partial charge is 0.274 e. The average Bonchev–Trinajstić information content (AvgIpc) is 3.44. The van der Waals surface area contributed by atoms with Crippen molar-refractivity contribution < 1.29 is 9.59 Å². The summed E-state index contributed by atoms with van der Waals surface area (Å²) in [7, 11) is 0. The van der Waals surface area contributed by atoms with E-state index in [0.29, 0.717) is 25.1 Å². The second-order valence-corrected chi connectivity index (χ2v) is 8.20. The van der Waals surface area contributed by atoms with Gasteiger partial charge in [-0.15, -0.1) is 0 Å². The molecule has 1 spiro atoms. The Morgan fingerprint density at radius 1 is 1.17 bits per heavy atom. The molecule has 3 heterocycles. The quantitative estimate of drug-likeness (QED) is 0.704. The molecule has 2 atom stereocenters. The van der Waals surface area contributed by atoms with Crippen LogP contribution in [0.4, 0.5) is 5.69 Å². The zero-order valence-electron chi connectivity index (χ0n) is 16.9. The van der Waals surface area contributed by atoms with E-state index in [1.165, 1.54) is 5.56 Å². The highest BCUT2D eigenvalue weighted by Gasteiger charge is 2.58. The lowest BCUT2D eigenvalue weighted by Crippen LogP contribution is -2.49. The lowest BCUT2D eigenvalue weighted by Gasteiger charge is -2.34. The molecular formula is C24H24N4O2. The molecule has 0 unspecified atom stereocenters. The number of hydrogen-bond donors (Lipinski definition) is 2. The number of aromatic amines is 1. The number of nitrogens with zero attached hydrogens (tertiary/aromatic N) is 2. The van der Waals surface area contributed by atoms with E-state index in [1.54, 1.807) is 6.07 Å². The second-order valence-electron chi connectivity index (χ2n) is 8.20. The summed E-state index contributed by atoms with van der Waals surface area (Å²) in [6.07, 6.45) is 2.12. The number of amides is 2. The number of fused-ring (bicyclic) bond motifs is 2. The SMILES string of the molecule is Cc1cc(C(=O)N2CC[C@@]3(C(=O)Nc4ccccc43)[C@@H]2CCc2ccccc2)n[nH]1. The van der Waals surface area contributed by atoms with Crippen molar-refractivity contribution in [3.05, 3.63) is 83.2 Å². The van der Waals surface area contributed by atoms with E-state index in [9.17, 15) is 9.59 Å². The van der Waals surface area contributed by atoms with Crippen molar-refractivity contribution in [1.82, 2.24) is 15.1 Å². The maximum Gasteiger partial charge on any atom is 0.274 e. The van der Waals surface area contributed by atoms with Gasteiger partial charge in [-0.05, 0) is 49.4 Å². The van der Waals surface area contributed by atoms with Crippen LogP contribution in [0.2, 0.25) is 0 Å². The second kappa shape index (κ2) is 7.13. The van der Waals surface area contributed by atoms with Crippen LogP contribution in [0.25, 0.3) is 0 Å². The molecule has 0 saturated carbocycles. The van der Waals surface area contributed by atoms with Crippen LogP contribution in [-0.4, -0.2) is 39.5 Å². The summed E-state index contributed by atoms with van der Waals surface area (Å²) in [6, 6.07) is 19.6. The van der Waals surface area contributed by atoms with Crippen molar-refractivity contribution in [3.63, 3.8) is 0 Å². The van der Waals surface area contributed by atoms with Gasteiger partial charge in [0.1, 0.15) is 5.69 Å². The molecule has 2 aromatic carbocycles. The number of hydrogen-bond acceptors (Lipinski definition) is 3. The summed E-state index contributed by atoms with van der Waals surface area (Å²) in [5.41, 5.74) is 3.60. The first-order valence-corrected chi connectivity index (χ1v) is 10.4. The molecule has 1 saturated heterocycles. The number of nitrogens with one attached hydrogen (secondary N) is 2. The van der Waals surface area contributed by atoms with Crippen molar-refractivity contribution in [2.75, 3.05) is 11.9 Å². The van der Waals surface area contributed by atoms with Gasteiger partial charge in [0.15, 0.2) is 0 Å². The number of aromatic nitrogens is 2. The van der Waals surface area contributed by atoms with Gasteiger partial charge in [-0.3, -0.25) is 14.7 Å². The zero-order valence-corrected chi connectivity index (χ0v) is 16.9. The molecule has 3 aromatic rings. The number of carbonyl (C=O) groups excluding carboxylic acids is 2. The Bertz CT molecular complexity index is 1110. The Labute approximate surface area is 175 Å². The minimum Gasteiger partial charge on any atom is -0.333 e. The van der Waals surface area contributed by atoms with Gasteiger partial charge >= 0.3 is 0 Å². The first-order chi connectivity index (χ1) is 14.6. The van der Waals surface area contributed by atoms with Gasteiger partial charge in [0.05, 0.1) is 11.5 Å². The Morgan fingerprint density at radius 2 is 1.93 bits per heavy atom. The third-order valence-electron chi connectivity index (χ3n) is 6.49. The van der Waals surface area contributed by atoms with Crippen LogP contribution in [0.15, 0.2) is 60.7 Å². The largest absolute Gasteiger partial charge is 0.333 e. The third kappa shape index (κ3) is 2.83. The van der Waals surface area contributed by atoms with E-state index in [-0.39, 0.29) is 17.9 Å². The van der Waals surface area contributed by atoms with Crippen LogP contribution in [-0.2, 0) is 16.6 Å². The molecule has 2 N–H and O–H groups in total. The Balaban J connectivity index is 1.54. The van der Waals surface area contributed by atoms with Gasteiger partial charge in [0, 0.05) is 17.9 Å². The lowest BCUT2D eigenvalue weighted by atomic mass is 9.73. The predicted octanol–water partition coefficient (Wildman–Crippen LogP) is 3.46. The number of para-hydroxylation sites is 1. The van der Waals surface area contributed by atoms with Crippen molar-refractivity contribution in [2.24, 2.45) is 0 Å². The molecule has 2 amide bonds. The summed E-state index contributed by atoms with van der Waals surface area (Å²) in [6.45, 7) is 2.41. The fourth-order valence-corrected chi connectivity index (χ4v) is 5.07. The van der Waals surface area contributed by atoms with Crippen LogP contribution < -0.4 is 5.32 Å². The molecular weight excluding hydrogens is 376 g/mol. The third-order valence-corrected chi connectivity index (χ3v) is 6.49. The molecule has 0 bridgehead atoms. The highest BCUT2D eigenvalue weighted by Crippen LogP contribution is 2.49. The van der Waals surface area contributed by atoms with Crippen LogP contribution in [0.3, 0.4) is 0 Å². The molecule has 1 fully saturated rings. The van der Waals surface area contributed by atoms with E-state index in [0.717, 1.165) is 23.4 Å². The maximum absolute atomic E-state index is 13.4. The highest BCUT2D eigenvalue weighted by molar-refractivity contribution is 6.08. The molecule has 2 aliphatic heterocycles. The number of aryl methyl sites for hydroxylation is 2. The van der Waals surface area contributed by atoms with Gasteiger partial charge in [0.2, 0.25) is 5.91 Å². The number of rotatable bonds is 4. The van der Waals surface area contributed by atoms with E-state index in [2.05, 4.69) is 27.6 Å². The summed E-state index contributed by atoms with van der Waals surface area (Å²) in [5.74, 6) is -0.123. The van der Waals surface area contributed by atoms with Gasteiger partial charge in [-0.2, -0.15) is 5.10 Å². The zero-order chi connectivity index (χ0) is 20.7. The molecule has 152 valence electrons. The van der Waals surface area contributed by atoms with Gasteiger partial charge in [0.25, 0.3) is 5.91 Å². The number of benzene rings is 2. The summed E-state index contributed by atoms with van der Waals surface area (Å²) in [4.78, 5) is 28.5. The minimum atomic E-state index is -0.716. The first kappa shape index (κ1) is 18.6. The predicted molar refractivity (Wildman–Crippen MR) is 114 cm³/mol. The van der Waals surface area contributed by atoms with E-state index < -0.39 is 5.41 Å². The van der Waals surface area contributed by atoms with Crippen molar-refractivity contribution in [2.45, 2.75) is 37.6 Å². The summed E-state index contributed by atoms with van der Waals surface area (Å²) < 4.78 is 0. The van der Waals surface area contributed by atoms with E-state index in [4.69, 9.17) is 0 Å². The monoisotopic (exact) mass is 400 g/mol. The van der Waals surface area contributed by atoms with Crippen LogP contribution in [0, 0.1) is 6.92 Å². The normalized spacial score (nSPS) is 22.4. The summed E-state index contributed by atoms with van der Waals surface area (Å²) in [5, 5.41) is 10.1. The van der Waals surface area contributed by atoms with Crippen molar-refractivity contribution >= 4 is 17.5 Å². The minimum absolute atomic E-state index is 0.00438. The lowest BCUT2D eigenvalue weighted by molar-refractivity contribution is -0.121. The fourth-order valence-electron chi connectivity index (χ4n) is 5.07. The molecule has 1 aromatic heterocycles. The summed E-state index contributed by atoms with van der Waals surface area (Å²) >= 11 is 0. The highest BCUT2D eigenvalue weighted by atomic mass is 16.2. The maximum atomic E-state index is 13.4. The van der Waals surface area contributed by atoms with Crippen molar-refractivity contribution in [3.8, 4) is 0 Å². The molecule has 30 heavy (non-hydrogen) atoms. The number of H-pyrrole nitrogens is 1. The number of anilines is 1. The van der Waals surface area contributed by atoms with Gasteiger partial charge in [-0.25, -0.2) is 0 Å². The standard InChI is InChI=1S/C24H24N4O2/c1-16-15-20(27-26-16)22(29)28-14-13-24(18-9-5-6-10-19(18)25-23(24)30)21(28)12-11-17-7-3-2-4-8-17/h2-10,15,21H,11-14H2,1H3,(H,25,30)(H,26,27)/t21-,24-/m0/s1. The van der Waals surface area contributed by atoms with E-state index >= 15 is 0 Å². The molecule has 5 rings (SSSR count). The van der Waals surface area contributed by atoms with Gasteiger partial charge < -0.3 is 10.2 Å². The average molecular weight is 400 g/mol. The Hall–Kier alpha value is -3.41. The molecule has 6 nitrogen and oxygen atoms in total. The fraction of sp³-hybridized carbons (Fsp3) is 0.292. The van der Waals surface area contributed by atoms with E-state index in [1.807, 2.05) is 54.3 Å². The van der Waals surface area contributed by atoms with Crippen LogP contribution in [0.5, 0.6) is 0 Å². The van der Waals surface area contributed by atoms with Crippen molar-refractivity contribution in [1.29, 1.82) is 0 Å². The molecule has 0 radical (unpaired) electrons. The molecule has 0 aliphatic carbocycles. The molecule has 6 heteroatoms. The van der Waals surface area contributed by atoms with Gasteiger partial charge in [-0.1, -0.05) is 48.5 Å². The van der Waals surface area contributed by atoms with Crippen LogP contribution >= 0.6 is 0 Å². The number of likely N-dealkylation sites (tertiary alicyclic amines) is 1.